The fourth-order valence-corrected chi connectivity index (χ4v) is 1.11. The Kier molecular flexibility index (Phi) is 3.71. The van der Waals surface area contributed by atoms with Crippen molar-refractivity contribution in [2.45, 2.75) is 12.6 Å². The predicted molar refractivity (Wildman–Crippen MR) is 46.8 cm³/mol. The highest BCUT2D eigenvalue weighted by Crippen LogP contribution is 2.29. The summed E-state index contributed by atoms with van der Waals surface area (Å²) in [5.41, 5.74) is -0.227. The summed E-state index contributed by atoms with van der Waals surface area (Å²) in [6.07, 6.45) is -4.09. The Bertz CT molecular complexity index is 334. The summed E-state index contributed by atoms with van der Waals surface area (Å²) in [7, 11) is 0. The van der Waals surface area contributed by atoms with Crippen LogP contribution in [-0.4, -0.2) is 13.1 Å². The van der Waals surface area contributed by atoms with Crippen LogP contribution in [0.5, 0.6) is 0 Å². The zero-order chi connectivity index (χ0) is 11.3. The summed E-state index contributed by atoms with van der Waals surface area (Å²) in [5.74, 6) is 0. The summed E-state index contributed by atoms with van der Waals surface area (Å²) >= 11 is 0. The van der Waals surface area contributed by atoms with E-state index in [0.717, 1.165) is 12.1 Å². The van der Waals surface area contributed by atoms with Gasteiger partial charge in [0.1, 0.15) is 0 Å². The second-order valence-electron chi connectivity index (χ2n) is 2.88. The van der Waals surface area contributed by atoms with Crippen LogP contribution in [0.4, 0.5) is 13.2 Å². The van der Waals surface area contributed by atoms with Gasteiger partial charge in [0.25, 0.3) is 0 Å². The van der Waals surface area contributed by atoms with E-state index in [1.165, 1.54) is 12.5 Å². The molecule has 0 aliphatic heterocycles. The van der Waals surface area contributed by atoms with Crippen LogP contribution >= 0.6 is 0 Å². The SMILES string of the molecule is O=[C]OCCc1cccc(C(F)(F)F)c1. The number of rotatable bonds is 4. The molecule has 0 heterocycles. The van der Waals surface area contributed by atoms with Gasteiger partial charge in [-0.2, -0.15) is 13.2 Å². The first-order chi connectivity index (χ1) is 7.04. The molecule has 0 N–H and O–H groups in total. The molecule has 0 unspecified atom stereocenters. The lowest BCUT2D eigenvalue weighted by Crippen LogP contribution is -2.06. The third-order valence-corrected chi connectivity index (χ3v) is 1.81. The van der Waals surface area contributed by atoms with Crippen LogP contribution in [0, 0.1) is 0 Å². The Morgan fingerprint density at radius 1 is 1.33 bits per heavy atom. The second-order valence-corrected chi connectivity index (χ2v) is 2.88. The van der Waals surface area contributed by atoms with E-state index in [9.17, 15) is 18.0 Å². The van der Waals surface area contributed by atoms with Crippen LogP contribution in [0.2, 0.25) is 0 Å². The van der Waals surface area contributed by atoms with Gasteiger partial charge in [-0.25, -0.2) is 4.79 Å². The molecule has 15 heavy (non-hydrogen) atoms. The minimum absolute atomic E-state index is 0.0326. The standard InChI is InChI=1S/C10H8F3O2/c11-10(12,13)9-3-1-2-8(6-9)4-5-15-7-14/h1-3,6H,4-5H2. The van der Waals surface area contributed by atoms with Crippen LogP contribution in [0.3, 0.4) is 0 Å². The Balaban J connectivity index is 2.70. The Morgan fingerprint density at radius 3 is 2.67 bits per heavy atom. The lowest BCUT2D eigenvalue weighted by atomic mass is 10.1. The predicted octanol–water partition coefficient (Wildman–Crippen LogP) is 2.33. The molecule has 0 spiro atoms. The maximum Gasteiger partial charge on any atom is 0.417 e. The van der Waals surface area contributed by atoms with Gasteiger partial charge in [-0.15, -0.1) is 0 Å². The van der Waals surface area contributed by atoms with Gasteiger partial charge in [0, 0.05) is 6.42 Å². The largest absolute Gasteiger partial charge is 0.457 e. The van der Waals surface area contributed by atoms with Crippen LogP contribution in [0.1, 0.15) is 11.1 Å². The van der Waals surface area contributed by atoms with E-state index < -0.39 is 11.7 Å². The molecule has 0 saturated heterocycles. The van der Waals surface area contributed by atoms with Crippen molar-refractivity contribution in [3.8, 4) is 0 Å². The summed E-state index contributed by atoms with van der Waals surface area (Å²) in [6.45, 7) is 1.24. The highest BCUT2D eigenvalue weighted by atomic mass is 19.4. The first-order valence-corrected chi connectivity index (χ1v) is 4.19. The van der Waals surface area contributed by atoms with Crippen molar-refractivity contribution >= 4 is 6.47 Å². The molecule has 0 fully saturated rings. The highest BCUT2D eigenvalue weighted by molar-refractivity contribution is 5.38. The van der Waals surface area contributed by atoms with Gasteiger partial charge in [-0.05, 0) is 11.6 Å². The van der Waals surface area contributed by atoms with Crippen molar-refractivity contribution in [2.24, 2.45) is 0 Å². The van der Waals surface area contributed by atoms with E-state index in [4.69, 9.17) is 0 Å². The third kappa shape index (κ3) is 3.61. The first kappa shape index (κ1) is 11.6. The minimum atomic E-state index is -4.34. The molecule has 1 radical (unpaired) electrons. The molecule has 1 aromatic rings. The van der Waals surface area contributed by atoms with Gasteiger partial charge in [0.2, 0.25) is 0 Å². The Morgan fingerprint density at radius 2 is 2.07 bits per heavy atom. The average molecular weight is 217 g/mol. The van der Waals surface area contributed by atoms with Crippen molar-refractivity contribution in [3.63, 3.8) is 0 Å². The summed E-state index contributed by atoms with van der Waals surface area (Å²) in [5, 5.41) is 0. The van der Waals surface area contributed by atoms with E-state index in [-0.39, 0.29) is 13.0 Å². The van der Waals surface area contributed by atoms with Crippen LogP contribution < -0.4 is 0 Å². The number of hydrogen-bond acceptors (Lipinski definition) is 2. The molecular weight excluding hydrogens is 209 g/mol. The summed E-state index contributed by atoms with van der Waals surface area (Å²) in [4.78, 5) is 9.69. The summed E-state index contributed by atoms with van der Waals surface area (Å²) in [6, 6.07) is 4.90. The molecular formula is C10H8F3O2. The molecule has 0 saturated carbocycles. The number of benzene rings is 1. The minimum Gasteiger partial charge on any atom is -0.457 e. The van der Waals surface area contributed by atoms with Crippen molar-refractivity contribution < 1.29 is 22.7 Å². The maximum atomic E-state index is 12.3. The molecule has 0 aliphatic rings. The van der Waals surface area contributed by atoms with Gasteiger partial charge in [0.15, 0.2) is 0 Å². The Labute approximate surface area is 84.7 Å². The molecule has 1 aromatic carbocycles. The average Bonchev–Trinajstić information content (AvgIpc) is 2.17. The van der Waals surface area contributed by atoms with Crippen LogP contribution in [0.25, 0.3) is 0 Å². The number of alkyl halides is 3. The number of halogens is 3. The second kappa shape index (κ2) is 4.82. The lowest BCUT2D eigenvalue weighted by Gasteiger charge is -2.08. The molecule has 81 valence electrons. The van der Waals surface area contributed by atoms with Gasteiger partial charge in [-0.3, -0.25) is 0 Å². The van der Waals surface area contributed by atoms with E-state index in [2.05, 4.69) is 4.74 Å². The fraction of sp³-hybridized carbons (Fsp3) is 0.300. The monoisotopic (exact) mass is 217 g/mol. The van der Waals surface area contributed by atoms with E-state index in [0.29, 0.717) is 5.56 Å². The molecule has 0 bridgehead atoms. The quantitative estimate of drug-likeness (QED) is 0.723. The fourth-order valence-electron chi connectivity index (χ4n) is 1.11. The zero-order valence-corrected chi connectivity index (χ0v) is 7.67. The molecule has 5 heteroatoms. The van der Waals surface area contributed by atoms with Crippen molar-refractivity contribution in [1.29, 1.82) is 0 Å². The molecule has 0 aliphatic carbocycles. The number of carbonyl (C=O) groups excluding carboxylic acids is 1. The van der Waals surface area contributed by atoms with E-state index >= 15 is 0 Å². The number of ether oxygens (including phenoxy) is 1. The zero-order valence-electron chi connectivity index (χ0n) is 7.67. The molecule has 0 atom stereocenters. The van der Waals surface area contributed by atoms with Crippen molar-refractivity contribution in [2.75, 3.05) is 6.61 Å². The van der Waals surface area contributed by atoms with Crippen molar-refractivity contribution in [3.05, 3.63) is 35.4 Å². The highest BCUT2D eigenvalue weighted by Gasteiger charge is 2.30. The molecule has 0 aromatic heterocycles. The van der Waals surface area contributed by atoms with Gasteiger partial charge < -0.3 is 4.74 Å². The van der Waals surface area contributed by atoms with Crippen molar-refractivity contribution in [1.82, 2.24) is 0 Å². The Hall–Kier alpha value is -1.52. The lowest BCUT2D eigenvalue weighted by molar-refractivity contribution is -0.137. The maximum absolute atomic E-state index is 12.3. The van der Waals surface area contributed by atoms with Gasteiger partial charge in [-0.1, -0.05) is 18.2 Å². The van der Waals surface area contributed by atoms with Crippen LogP contribution in [0.15, 0.2) is 24.3 Å². The third-order valence-electron chi connectivity index (χ3n) is 1.81. The molecule has 2 nitrogen and oxygen atoms in total. The van der Waals surface area contributed by atoms with Crippen LogP contribution in [-0.2, 0) is 22.1 Å². The smallest absolute Gasteiger partial charge is 0.417 e. The van der Waals surface area contributed by atoms with E-state index in [1.807, 2.05) is 0 Å². The topological polar surface area (TPSA) is 26.3 Å². The normalized spacial score (nSPS) is 11.1. The molecule has 0 amide bonds. The van der Waals surface area contributed by atoms with Gasteiger partial charge >= 0.3 is 12.6 Å². The number of hydrogen-bond donors (Lipinski definition) is 0. The molecule has 1 rings (SSSR count). The first-order valence-electron chi connectivity index (χ1n) is 4.19. The van der Waals surface area contributed by atoms with E-state index in [1.54, 1.807) is 6.07 Å². The van der Waals surface area contributed by atoms with Gasteiger partial charge in [0.05, 0.1) is 12.2 Å². The summed E-state index contributed by atoms with van der Waals surface area (Å²) < 4.78 is 41.1.